The monoisotopic (exact) mass is 575 g/mol. The lowest BCUT2D eigenvalue weighted by atomic mass is 9.91. The number of anilines is 2. The molecular weight excluding hydrogens is 548 g/mol. The Balaban J connectivity index is 1.27. The first-order chi connectivity index (χ1) is 22.3. The van der Waals surface area contributed by atoms with Gasteiger partial charge in [0.05, 0.1) is 11.1 Å². The van der Waals surface area contributed by atoms with E-state index in [0.29, 0.717) is 0 Å². The zero-order valence-electron chi connectivity index (χ0n) is 24.4. The van der Waals surface area contributed by atoms with Crippen LogP contribution in [0.4, 0.5) is 22.7 Å². The molecule has 0 radical (unpaired) electrons. The van der Waals surface area contributed by atoms with E-state index in [2.05, 4.69) is 161 Å². The number of allylic oxidation sites excluding steroid dienone is 2. The fourth-order valence-corrected chi connectivity index (χ4v) is 7.59. The number of nitrogens with zero attached hydrogens (tertiary/aromatic N) is 2. The van der Waals surface area contributed by atoms with Gasteiger partial charge in [0.25, 0.3) is 0 Å². The van der Waals surface area contributed by atoms with Crippen LogP contribution in [0.15, 0.2) is 162 Å². The van der Waals surface area contributed by atoms with Crippen LogP contribution in [0, 0.1) is 0 Å². The molecule has 3 aliphatic rings. The second-order valence-corrected chi connectivity index (χ2v) is 11.9. The van der Waals surface area contributed by atoms with Crippen LogP contribution < -0.4 is 9.48 Å². The zero-order valence-corrected chi connectivity index (χ0v) is 24.4. The van der Waals surface area contributed by atoms with E-state index in [9.17, 15) is 0 Å². The fourth-order valence-electron chi connectivity index (χ4n) is 7.59. The molecule has 45 heavy (non-hydrogen) atoms. The number of hydrogen-bond donors (Lipinski definition) is 0. The number of rotatable bonds is 3. The van der Waals surface area contributed by atoms with Crippen molar-refractivity contribution in [1.29, 1.82) is 0 Å². The summed E-state index contributed by atoms with van der Waals surface area (Å²) < 4.78 is 8.86. The van der Waals surface area contributed by atoms with E-state index in [-0.39, 0.29) is 6.04 Å². The van der Waals surface area contributed by atoms with Crippen molar-refractivity contribution in [2.45, 2.75) is 6.04 Å². The van der Waals surface area contributed by atoms with Crippen molar-refractivity contribution in [3.05, 3.63) is 163 Å². The minimum Gasteiger partial charge on any atom is -0.456 e. The molecule has 1 aromatic heterocycles. The highest BCUT2D eigenvalue weighted by molar-refractivity contribution is 6.26. The third-order valence-electron chi connectivity index (χ3n) is 9.47. The molecule has 0 amide bonds. The summed E-state index contributed by atoms with van der Waals surface area (Å²) in [6.07, 6.45) is 6.81. The normalized spacial score (nSPS) is 16.1. The Bertz CT molecular complexity index is 2370. The summed E-state index contributed by atoms with van der Waals surface area (Å²) >= 11 is 0. The molecule has 1 unspecified atom stereocenters. The van der Waals surface area contributed by atoms with Crippen molar-refractivity contribution in [3.63, 3.8) is 0 Å². The fraction of sp³-hybridized carbons (Fsp3) is 0.0238. The Morgan fingerprint density at radius 2 is 1.29 bits per heavy atom. The van der Waals surface area contributed by atoms with Gasteiger partial charge in [-0.3, -0.25) is 0 Å². The van der Waals surface area contributed by atoms with Gasteiger partial charge in [-0.05, 0) is 58.2 Å². The molecule has 0 fully saturated rings. The molecule has 3 heterocycles. The minimum absolute atomic E-state index is 0.0414. The maximum atomic E-state index is 6.38. The van der Waals surface area contributed by atoms with Gasteiger partial charge in [0.15, 0.2) is 0 Å². The van der Waals surface area contributed by atoms with E-state index in [4.69, 9.17) is 4.42 Å². The molecule has 1 aliphatic carbocycles. The second-order valence-electron chi connectivity index (χ2n) is 11.9. The lowest BCUT2D eigenvalue weighted by Gasteiger charge is -2.33. The van der Waals surface area contributed by atoms with E-state index in [1.54, 1.807) is 0 Å². The topological polar surface area (TPSA) is 19.4 Å². The van der Waals surface area contributed by atoms with Crippen molar-refractivity contribution < 1.29 is 4.42 Å². The molecule has 0 saturated carbocycles. The summed E-state index contributed by atoms with van der Waals surface area (Å²) in [6.45, 7) is 0. The molecule has 0 bridgehead atoms. The van der Waals surface area contributed by atoms with E-state index in [1.165, 1.54) is 55.9 Å². The van der Waals surface area contributed by atoms with E-state index >= 15 is 0 Å². The van der Waals surface area contributed by atoms with Gasteiger partial charge in [-0.1, -0.05) is 103 Å². The van der Waals surface area contributed by atoms with Crippen molar-refractivity contribution in [2.75, 3.05) is 4.90 Å². The van der Waals surface area contributed by atoms with E-state index in [1.807, 2.05) is 6.07 Å². The molecule has 3 nitrogen and oxygen atoms in total. The van der Waals surface area contributed by atoms with Crippen LogP contribution in [0.5, 0.6) is 0 Å². The SMILES string of the molecule is C1=CC2=[N+](c3cc(-c4ccccc4)cc(-c4ccccc4)c3)c3ccccc3N3c4c(ccc5oc6ccccc6c45)C(=C1)C23. The quantitative estimate of drug-likeness (QED) is 0.195. The standard InChI is InChI=1S/C42H27N2O/c1-3-12-27(13-4-1)29-24-30(28-14-5-2-6-15-28)26-31(25-29)43-35-18-8-9-19-36(35)44-41-32(17-11-20-37(41)43)33-22-23-39-40(42(33)44)34-16-7-10-21-38(34)45-39/h1-26,41H/q+1. The summed E-state index contributed by atoms with van der Waals surface area (Å²) in [5, 5.41) is 2.33. The Kier molecular flexibility index (Phi) is 5.06. The summed E-state index contributed by atoms with van der Waals surface area (Å²) in [5.41, 5.74) is 15.2. The Morgan fingerprint density at radius 1 is 0.600 bits per heavy atom. The molecule has 0 N–H and O–H groups in total. The lowest BCUT2D eigenvalue weighted by molar-refractivity contribution is 0.669. The van der Waals surface area contributed by atoms with Gasteiger partial charge in [-0.25, -0.2) is 0 Å². The second kappa shape index (κ2) is 9.28. The van der Waals surface area contributed by atoms with Crippen LogP contribution in [0.25, 0.3) is 49.8 Å². The number of para-hydroxylation sites is 3. The van der Waals surface area contributed by atoms with Crippen LogP contribution in [0.1, 0.15) is 5.56 Å². The average molecular weight is 576 g/mol. The number of benzene rings is 6. The van der Waals surface area contributed by atoms with Crippen molar-refractivity contribution >= 4 is 56.0 Å². The number of hydrogen-bond acceptors (Lipinski definition) is 2. The summed E-state index contributed by atoms with van der Waals surface area (Å²) in [5.74, 6) is 0. The lowest BCUT2D eigenvalue weighted by Crippen LogP contribution is -2.43. The van der Waals surface area contributed by atoms with Crippen LogP contribution in [0.2, 0.25) is 0 Å². The smallest absolute Gasteiger partial charge is 0.235 e. The maximum absolute atomic E-state index is 6.38. The molecule has 10 rings (SSSR count). The molecular formula is C42H27N2O+. The first kappa shape index (κ1) is 24.5. The van der Waals surface area contributed by atoms with Crippen LogP contribution in [-0.4, -0.2) is 11.8 Å². The molecule has 0 saturated heterocycles. The predicted molar refractivity (Wildman–Crippen MR) is 187 cm³/mol. The third-order valence-corrected chi connectivity index (χ3v) is 9.47. The summed E-state index contributed by atoms with van der Waals surface area (Å²) in [4.78, 5) is 2.55. The van der Waals surface area contributed by atoms with Gasteiger partial charge < -0.3 is 9.32 Å². The molecule has 3 heteroatoms. The molecule has 2 aliphatic heterocycles. The van der Waals surface area contributed by atoms with Crippen LogP contribution in [-0.2, 0) is 0 Å². The van der Waals surface area contributed by atoms with Crippen molar-refractivity contribution in [3.8, 4) is 22.3 Å². The number of furan rings is 1. The average Bonchev–Trinajstić information content (AvgIpc) is 3.66. The van der Waals surface area contributed by atoms with Gasteiger partial charge in [-0.2, -0.15) is 4.58 Å². The predicted octanol–water partition coefficient (Wildman–Crippen LogP) is 10.7. The summed E-state index contributed by atoms with van der Waals surface area (Å²) in [6, 6.07) is 50.1. The van der Waals surface area contributed by atoms with Gasteiger partial charge in [0.1, 0.15) is 22.9 Å². The molecule has 7 aromatic rings. The number of fused-ring (bicyclic) bond motifs is 9. The van der Waals surface area contributed by atoms with Gasteiger partial charge in [0, 0.05) is 35.2 Å². The van der Waals surface area contributed by atoms with Gasteiger partial charge in [0.2, 0.25) is 17.1 Å². The van der Waals surface area contributed by atoms with E-state index < -0.39 is 0 Å². The minimum atomic E-state index is 0.0414. The molecule has 210 valence electrons. The Labute approximate surface area is 260 Å². The zero-order chi connectivity index (χ0) is 29.5. The largest absolute Gasteiger partial charge is 0.456 e. The highest BCUT2D eigenvalue weighted by Crippen LogP contribution is 2.55. The maximum Gasteiger partial charge on any atom is 0.235 e. The highest BCUT2D eigenvalue weighted by atomic mass is 16.3. The highest BCUT2D eigenvalue weighted by Gasteiger charge is 2.49. The van der Waals surface area contributed by atoms with Gasteiger partial charge >= 0.3 is 0 Å². The third kappa shape index (κ3) is 3.49. The molecule has 0 spiro atoms. The Morgan fingerprint density at radius 3 is 2.07 bits per heavy atom. The van der Waals surface area contributed by atoms with E-state index in [0.717, 1.165) is 27.9 Å². The molecule has 1 atom stereocenters. The van der Waals surface area contributed by atoms with Crippen LogP contribution in [0.3, 0.4) is 0 Å². The van der Waals surface area contributed by atoms with Crippen molar-refractivity contribution in [2.24, 2.45) is 0 Å². The van der Waals surface area contributed by atoms with Crippen LogP contribution >= 0.6 is 0 Å². The Hall–Kier alpha value is -5.93. The molecule has 6 aromatic carbocycles. The van der Waals surface area contributed by atoms with Crippen molar-refractivity contribution in [1.82, 2.24) is 4.58 Å². The van der Waals surface area contributed by atoms with Gasteiger partial charge in [-0.15, -0.1) is 0 Å². The summed E-state index contributed by atoms with van der Waals surface area (Å²) in [7, 11) is 0. The first-order valence-corrected chi connectivity index (χ1v) is 15.5. The first-order valence-electron chi connectivity index (χ1n) is 15.5.